The Morgan fingerprint density at radius 3 is 2.53 bits per heavy atom. The maximum absolute atomic E-state index is 13.4. The van der Waals surface area contributed by atoms with Crippen molar-refractivity contribution in [1.82, 2.24) is 0 Å². The van der Waals surface area contributed by atoms with Gasteiger partial charge in [0.15, 0.2) is 0 Å². The van der Waals surface area contributed by atoms with Gasteiger partial charge in [-0.3, -0.25) is 0 Å². The van der Waals surface area contributed by atoms with E-state index in [4.69, 9.17) is 22.1 Å². The monoisotopic (exact) mass is 279 g/mol. The molecule has 0 bridgehead atoms. The van der Waals surface area contributed by atoms with Crippen LogP contribution >= 0.6 is 11.6 Å². The van der Waals surface area contributed by atoms with Crippen LogP contribution in [-0.4, -0.2) is 0 Å². The van der Waals surface area contributed by atoms with Gasteiger partial charge in [-0.25, -0.2) is 4.39 Å². The van der Waals surface area contributed by atoms with Gasteiger partial charge in [-0.15, -0.1) is 0 Å². The Kier molecular flexibility index (Phi) is 4.08. The lowest BCUT2D eigenvalue weighted by Crippen LogP contribution is -2.04. The predicted molar refractivity (Wildman–Crippen MR) is 75.3 cm³/mol. The van der Waals surface area contributed by atoms with Gasteiger partial charge in [-0.1, -0.05) is 23.7 Å². The summed E-state index contributed by atoms with van der Waals surface area (Å²) in [5, 5.41) is 0.454. The lowest BCUT2D eigenvalue weighted by molar-refractivity contribution is 0.476. The van der Waals surface area contributed by atoms with Crippen molar-refractivity contribution in [2.75, 3.05) is 0 Å². The van der Waals surface area contributed by atoms with Crippen LogP contribution in [0.5, 0.6) is 11.5 Å². The Labute approximate surface area is 117 Å². The largest absolute Gasteiger partial charge is 0.456 e. The summed E-state index contributed by atoms with van der Waals surface area (Å²) in [6.07, 6.45) is 0. The number of nitrogens with two attached hydrogens (primary N) is 1. The fraction of sp³-hybridized carbons (Fsp3) is 0.200. The van der Waals surface area contributed by atoms with Gasteiger partial charge in [0.05, 0.1) is 5.02 Å². The molecule has 0 aliphatic rings. The Hall–Kier alpha value is -1.58. The van der Waals surface area contributed by atoms with Gasteiger partial charge in [0.2, 0.25) is 0 Å². The second kappa shape index (κ2) is 5.59. The third kappa shape index (κ3) is 3.25. The van der Waals surface area contributed by atoms with Gasteiger partial charge in [-0.2, -0.15) is 0 Å². The van der Waals surface area contributed by atoms with Gasteiger partial charge in [0, 0.05) is 12.1 Å². The quantitative estimate of drug-likeness (QED) is 0.891. The van der Waals surface area contributed by atoms with Gasteiger partial charge < -0.3 is 10.5 Å². The molecule has 2 nitrogen and oxygen atoms in total. The van der Waals surface area contributed by atoms with Gasteiger partial charge >= 0.3 is 0 Å². The number of benzene rings is 2. The molecule has 0 radical (unpaired) electrons. The zero-order valence-electron chi connectivity index (χ0n) is 10.8. The van der Waals surface area contributed by atoms with Gasteiger partial charge in [-0.05, 0) is 43.2 Å². The van der Waals surface area contributed by atoms with Crippen LogP contribution in [0, 0.1) is 12.7 Å². The lowest BCUT2D eigenvalue weighted by Gasteiger charge is -2.11. The van der Waals surface area contributed by atoms with Gasteiger partial charge in [0.1, 0.15) is 17.3 Å². The summed E-state index contributed by atoms with van der Waals surface area (Å²) < 4.78 is 19.0. The highest BCUT2D eigenvalue weighted by molar-refractivity contribution is 6.32. The summed E-state index contributed by atoms with van der Waals surface area (Å²) in [5.74, 6) is 0.591. The zero-order valence-corrected chi connectivity index (χ0v) is 11.5. The predicted octanol–water partition coefficient (Wildman–Crippen LogP) is 4.60. The summed E-state index contributed by atoms with van der Waals surface area (Å²) in [4.78, 5) is 0. The van der Waals surface area contributed by atoms with Crippen LogP contribution in [0.15, 0.2) is 36.4 Å². The van der Waals surface area contributed by atoms with E-state index in [1.165, 1.54) is 6.07 Å². The van der Waals surface area contributed by atoms with Crippen molar-refractivity contribution in [1.29, 1.82) is 0 Å². The fourth-order valence-corrected chi connectivity index (χ4v) is 1.87. The fourth-order valence-electron chi connectivity index (χ4n) is 1.65. The standard InChI is InChI=1S/C15H15ClFNO/c1-9-3-5-12(8-14(9)17)19-15-6-4-11(10(2)18)7-13(15)16/h3-8,10H,18H2,1-2H3. The number of rotatable bonds is 3. The number of hydrogen-bond acceptors (Lipinski definition) is 2. The second-order valence-corrected chi connectivity index (χ2v) is 4.90. The molecule has 0 spiro atoms. The minimum Gasteiger partial charge on any atom is -0.456 e. The molecule has 4 heteroatoms. The molecule has 0 fully saturated rings. The van der Waals surface area contributed by atoms with E-state index in [0.29, 0.717) is 22.1 Å². The van der Waals surface area contributed by atoms with E-state index >= 15 is 0 Å². The Morgan fingerprint density at radius 2 is 1.95 bits per heavy atom. The van der Waals surface area contributed by atoms with Crippen LogP contribution in [0.25, 0.3) is 0 Å². The van der Waals surface area contributed by atoms with Crippen LogP contribution in [0.2, 0.25) is 5.02 Å². The number of hydrogen-bond donors (Lipinski definition) is 1. The highest BCUT2D eigenvalue weighted by atomic mass is 35.5. The zero-order chi connectivity index (χ0) is 14.0. The molecule has 2 rings (SSSR count). The normalized spacial score (nSPS) is 12.3. The van der Waals surface area contributed by atoms with Crippen molar-refractivity contribution in [2.24, 2.45) is 5.73 Å². The molecule has 0 amide bonds. The van der Waals surface area contributed by atoms with Crippen LogP contribution in [-0.2, 0) is 0 Å². The first kappa shape index (κ1) is 13.8. The van der Waals surface area contributed by atoms with E-state index in [0.717, 1.165) is 5.56 Å². The molecule has 2 aromatic rings. The molecule has 0 aromatic heterocycles. The highest BCUT2D eigenvalue weighted by Crippen LogP contribution is 2.31. The van der Waals surface area contributed by atoms with Gasteiger partial charge in [0.25, 0.3) is 0 Å². The third-order valence-electron chi connectivity index (χ3n) is 2.85. The van der Waals surface area contributed by atoms with E-state index in [2.05, 4.69) is 0 Å². The van der Waals surface area contributed by atoms with E-state index in [1.54, 1.807) is 31.2 Å². The number of ether oxygens (including phenoxy) is 1. The minimum atomic E-state index is -0.305. The molecular weight excluding hydrogens is 265 g/mol. The maximum Gasteiger partial charge on any atom is 0.146 e. The van der Waals surface area contributed by atoms with E-state index in [-0.39, 0.29) is 11.9 Å². The van der Waals surface area contributed by atoms with E-state index in [1.807, 2.05) is 13.0 Å². The molecule has 0 saturated carbocycles. The molecule has 0 aliphatic carbocycles. The van der Waals surface area contributed by atoms with Crippen molar-refractivity contribution >= 4 is 11.6 Å². The molecule has 19 heavy (non-hydrogen) atoms. The van der Waals surface area contributed by atoms with E-state index in [9.17, 15) is 4.39 Å². The minimum absolute atomic E-state index is 0.0941. The molecule has 1 unspecified atom stereocenters. The van der Waals surface area contributed by atoms with Crippen molar-refractivity contribution < 1.29 is 9.13 Å². The topological polar surface area (TPSA) is 35.2 Å². The van der Waals surface area contributed by atoms with Crippen molar-refractivity contribution in [3.63, 3.8) is 0 Å². The SMILES string of the molecule is Cc1ccc(Oc2ccc(C(C)N)cc2Cl)cc1F. The molecule has 0 aliphatic heterocycles. The molecule has 2 N–H and O–H groups in total. The molecule has 0 heterocycles. The molecule has 2 aromatic carbocycles. The first-order chi connectivity index (χ1) is 8.97. The Balaban J connectivity index is 2.25. The van der Waals surface area contributed by atoms with Crippen molar-refractivity contribution in [3.8, 4) is 11.5 Å². The summed E-state index contributed by atoms with van der Waals surface area (Å²) in [7, 11) is 0. The average molecular weight is 280 g/mol. The van der Waals surface area contributed by atoms with Crippen molar-refractivity contribution in [3.05, 3.63) is 58.4 Å². The second-order valence-electron chi connectivity index (χ2n) is 4.49. The summed E-state index contributed by atoms with van der Waals surface area (Å²) >= 11 is 6.12. The molecule has 1 atom stereocenters. The highest BCUT2D eigenvalue weighted by Gasteiger charge is 2.08. The van der Waals surface area contributed by atoms with Crippen LogP contribution < -0.4 is 10.5 Å². The van der Waals surface area contributed by atoms with Crippen molar-refractivity contribution in [2.45, 2.75) is 19.9 Å². The summed E-state index contributed by atoms with van der Waals surface area (Å²) in [6.45, 7) is 3.57. The lowest BCUT2D eigenvalue weighted by atomic mass is 10.1. The van der Waals surface area contributed by atoms with E-state index < -0.39 is 0 Å². The molecule has 100 valence electrons. The Morgan fingerprint density at radius 1 is 1.21 bits per heavy atom. The smallest absolute Gasteiger partial charge is 0.146 e. The number of halogens is 2. The van der Waals surface area contributed by atoms with Crippen LogP contribution in [0.4, 0.5) is 4.39 Å². The summed E-state index contributed by atoms with van der Waals surface area (Å²) in [5.41, 5.74) is 7.27. The molecular formula is C15H15ClFNO. The summed E-state index contributed by atoms with van der Waals surface area (Å²) in [6, 6.07) is 9.94. The first-order valence-electron chi connectivity index (χ1n) is 5.96. The van der Waals surface area contributed by atoms with Crippen LogP contribution in [0.1, 0.15) is 24.1 Å². The Bertz CT molecular complexity index is 599. The third-order valence-corrected chi connectivity index (χ3v) is 3.15. The number of aryl methyl sites for hydroxylation is 1. The van der Waals surface area contributed by atoms with Crippen LogP contribution in [0.3, 0.4) is 0 Å². The molecule has 0 saturated heterocycles. The maximum atomic E-state index is 13.4. The average Bonchev–Trinajstić information content (AvgIpc) is 2.36. The first-order valence-corrected chi connectivity index (χ1v) is 6.34.